The molecule has 0 aliphatic heterocycles. The van der Waals surface area contributed by atoms with Crippen molar-refractivity contribution in [2.24, 2.45) is 0 Å². The van der Waals surface area contributed by atoms with Gasteiger partial charge < -0.3 is 14.3 Å². The summed E-state index contributed by atoms with van der Waals surface area (Å²) in [5, 5.41) is 0.0872. The van der Waals surface area contributed by atoms with Crippen LogP contribution in [0.25, 0.3) is 10.9 Å². The smallest absolute Gasteiger partial charge is 0.210 e. The summed E-state index contributed by atoms with van der Waals surface area (Å²) in [4.78, 5) is 2.57. The van der Waals surface area contributed by atoms with Crippen molar-refractivity contribution in [1.82, 2.24) is 4.98 Å². The Hall–Kier alpha value is -2.16. The van der Waals surface area contributed by atoms with E-state index in [0.29, 0.717) is 16.7 Å². The maximum Gasteiger partial charge on any atom is 0.210 e. The monoisotopic (exact) mass is 351 g/mol. The second-order valence-electron chi connectivity index (χ2n) is 4.76. The molecular formula is C15H13NO5S2. The summed E-state index contributed by atoms with van der Waals surface area (Å²) in [7, 11) is -2.46. The Morgan fingerprint density at radius 2 is 1.83 bits per heavy atom. The van der Waals surface area contributed by atoms with Gasteiger partial charge in [-0.1, -0.05) is 18.2 Å². The zero-order valence-electron chi connectivity index (χ0n) is 12.0. The number of rotatable bonds is 4. The van der Waals surface area contributed by atoms with Crippen LogP contribution < -0.4 is 4.74 Å². The van der Waals surface area contributed by atoms with E-state index >= 15 is 0 Å². The van der Waals surface area contributed by atoms with Crippen LogP contribution in [-0.2, 0) is 20.9 Å². The number of hydrogen-bond acceptors (Lipinski definition) is 4. The minimum atomic E-state index is -3.94. The molecule has 2 N–H and O–H groups in total. The Bertz CT molecular complexity index is 993. The summed E-state index contributed by atoms with van der Waals surface area (Å²) < 4.78 is 52.0. The van der Waals surface area contributed by atoms with Gasteiger partial charge in [0.1, 0.15) is 10.6 Å². The van der Waals surface area contributed by atoms with Gasteiger partial charge in [-0.2, -0.15) is 0 Å². The van der Waals surface area contributed by atoms with Crippen molar-refractivity contribution in [3.63, 3.8) is 0 Å². The van der Waals surface area contributed by atoms with E-state index in [1.54, 1.807) is 36.4 Å². The number of hydrogen-bond donors (Lipinski definition) is 2. The number of sulfone groups is 1. The first kappa shape index (κ1) is 15.7. The van der Waals surface area contributed by atoms with E-state index in [4.69, 9.17) is 4.74 Å². The number of aromatic amines is 1. The molecule has 0 saturated carbocycles. The zero-order chi connectivity index (χ0) is 16.6. The minimum Gasteiger partial charge on any atom is -0.497 e. The molecule has 1 unspecified atom stereocenters. The summed E-state index contributed by atoms with van der Waals surface area (Å²) in [6.45, 7) is 0. The fourth-order valence-electron chi connectivity index (χ4n) is 2.36. The SMILES string of the molecule is COc1ccc2c(S(=O)(=O)c3ccccc3)c(S(=O)O)[nH]c2c1. The molecule has 0 saturated heterocycles. The maximum atomic E-state index is 12.9. The maximum absolute atomic E-state index is 12.9. The number of aromatic nitrogens is 1. The van der Waals surface area contributed by atoms with Gasteiger partial charge in [0, 0.05) is 11.5 Å². The van der Waals surface area contributed by atoms with Crippen LogP contribution in [0, 0.1) is 0 Å². The van der Waals surface area contributed by atoms with Crippen LogP contribution >= 0.6 is 0 Å². The molecule has 120 valence electrons. The molecule has 3 rings (SSSR count). The van der Waals surface area contributed by atoms with E-state index in [2.05, 4.69) is 4.98 Å². The van der Waals surface area contributed by atoms with Gasteiger partial charge in [-0.05, 0) is 24.3 Å². The van der Waals surface area contributed by atoms with Crippen LogP contribution in [0.4, 0.5) is 0 Å². The first-order chi connectivity index (χ1) is 10.9. The van der Waals surface area contributed by atoms with E-state index in [9.17, 15) is 17.2 Å². The molecule has 8 heteroatoms. The quantitative estimate of drug-likeness (QED) is 0.704. The first-order valence-corrected chi connectivity index (χ1v) is 9.15. The Balaban J connectivity index is 2.36. The van der Waals surface area contributed by atoms with Crippen molar-refractivity contribution in [3.05, 3.63) is 48.5 Å². The van der Waals surface area contributed by atoms with E-state index in [-0.39, 0.29) is 14.8 Å². The lowest BCUT2D eigenvalue weighted by atomic mass is 10.2. The molecule has 0 aliphatic rings. The summed E-state index contributed by atoms with van der Waals surface area (Å²) in [6, 6.07) is 12.5. The van der Waals surface area contributed by atoms with Gasteiger partial charge in [0.2, 0.25) is 20.9 Å². The normalized spacial score (nSPS) is 13.1. The largest absolute Gasteiger partial charge is 0.497 e. The van der Waals surface area contributed by atoms with E-state index in [0.717, 1.165) is 0 Å². The van der Waals surface area contributed by atoms with Crippen molar-refractivity contribution in [2.45, 2.75) is 14.8 Å². The number of fused-ring (bicyclic) bond motifs is 1. The van der Waals surface area contributed by atoms with Gasteiger partial charge >= 0.3 is 0 Å². The summed E-state index contributed by atoms with van der Waals surface area (Å²) in [5.41, 5.74) is 0.413. The van der Waals surface area contributed by atoms with Gasteiger partial charge in [0.15, 0.2) is 5.03 Å². The Morgan fingerprint density at radius 1 is 1.13 bits per heavy atom. The second-order valence-corrected chi connectivity index (χ2v) is 7.55. The Morgan fingerprint density at radius 3 is 2.43 bits per heavy atom. The minimum absolute atomic E-state index is 0.0587. The highest BCUT2D eigenvalue weighted by atomic mass is 32.2. The second kappa shape index (κ2) is 5.80. The molecular weight excluding hydrogens is 338 g/mol. The molecule has 6 nitrogen and oxygen atoms in total. The van der Waals surface area contributed by atoms with Gasteiger partial charge in [-0.25, -0.2) is 12.6 Å². The van der Waals surface area contributed by atoms with Gasteiger partial charge in [0.05, 0.1) is 17.5 Å². The third kappa shape index (κ3) is 2.65. The van der Waals surface area contributed by atoms with Crippen LogP contribution in [-0.4, -0.2) is 29.3 Å². The number of H-pyrrole nitrogens is 1. The fraction of sp³-hybridized carbons (Fsp3) is 0.0667. The van der Waals surface area contributed by atoms with Gasteiger partial charge in [-0.15, -0.1) is 0 Å². The van der Waals surface area contributed by atoms with Crippen molar-refractivity contribution in [3.8, 4) is 5.75 Å². The predicted molar refractivity (Wildman–Crippen MR) is 85.8 cm³/mol. The molecule has 1 heterocycles. The number of benzene rings is 2. The van der Waals surface area contributed by atoms with Crippen LogP contribution in [0.15, 0.2) is 63.3 Å². The molecule has 0 amide bonds. The molecule has 1 atom stereocenters. The molecule has 0 bridgehead atoms. The van der Waals surface area contributed by atoms with E-state index in [1.165, 1.54) is 19.2 Å². The van der Waals surface area contributed by atoms with Crippen LogP contribution in [0.2, 0.25) is 0 Å². The first-order valence-electron chi connectivity index (χ1n) is 6.56. The standard InChI is InChI=1S/C15H13NO5S2/c1-21-10-7-8-12-13(9-10)16-15(22(17)18)14(12)23(19,20)11-5-3-2-4-6-11/h2-9,16H,1H3,(H,17,18). The lowest BCUT2D eigenvalue weighted by molar-refractivity contribution is 0.415. The molecule has 1 aromatic heterocycles. The zero-order valence-corrected chi connectivity index (χ0v) is 13.6. The molecule has 3 aromatic rings. The van der Waals surface area contributed by atoms with E-state index < -0.39 is 20.9 Å². The van der Waals surface area contributed by atoms with Gasteiger partial charge in [-0.3, -0.25) is 0 Å². The molecule has 0 spiro atoms. The Labute approximate surface area is 135 Å². The average molecular weight is 351 g/mol. The van der Waals surface area contributed by atoms with Crippen molar-refractivity contribution < 1.29 is 21.9 Å². The van der Waals surface area contributed by atoms with Crippen LogP contribution in [0.3, 0.4) is 0 Å². The van der Waals surface area contributed by atoms with Crippen molar-refractivity contribution in [1.29, 1.82) is 0 Å². The van der Waals surface area contributed by atoms with E-state index in [1.807, 2.05) is 0 Å². The topological polar surface area (TPSA) is 96.5 Å². The highest BCUT2D eigenvalue weighted by Crippen LogP contribution is 2.34. The van der Waals surface area contributed by atoms with Gasteiger partial charge in [0.25, 0.3) is 0 Å². The third-order valence-corrected chi connectivity index (χ3v) is 6.06. The number of methoxy groups -OCH3 is 1. The van der Waals surface area contributed by atoms with Crippen LogP contribution in [0.1, 0.15) is 0 Å². The predicted octanol–water partition coefficient (Wildman–Crippen LogP) is 2.59. The summed E-state index contributed by atoms with van der Waals surface area (Å²) >= 11 is -2.48. The molecule has 0 fully saturated rings. The van der Waals surface area contributed by atoms with Crippen LogP contribution in [0.5, 0.6) is 5.75 Å². The number of nitrogens with one attached hydrogen (secondary N) is 1. The van der Waals surface area contributed by atoms with Crippen molar-refractivity contribution in [2.75, 3.05) is 7.11 Å². The third-order valence-electron chi connectivity index (χ3n) is 3.42. The average Bonchev–Trinajstić information content (AvgIpc) is 2.95. The molecule has 23 heavy (non-hydrogen) atoms. The molecule has 2 aromatic carbocycles. The Kier molecular flexibility index (Phi) is 3.97. The highest BCUT2D eigenvalue weighted by molar-refractivity contribution is 7.92. The lowest BCUT2D eigenvalue weighted by Gasteiger charge is -2.05. The summed E-state index contributed by atoms with van der Waals surface area (Å²) in [6.07, 6.45) is 0. The number of ether oxygens (including phenoxy) is 1. The lowest BCUT2D eigenvalue weighted by Crippen LogP contribution is -2.05. The molecule has 0 radical (unpaired) electrons. The molecule has 0 aliphatic carbocycles. The van der Waals surface area contributed by atoms with Crippen molar-refractivity contribution >= 4 is 31.8 Å². The summed E-state index contributed by atoms with van der Waals surface area (Å²) in [5.74, 6) is 0.512. The highest BCUT2D eigenvalue weighted by Gasteiger charge is 2.28. The fourth-order valence-corrected chi connectivity index (χ4v) is 4.88.